The van der Waals surface area contributed by atoms with Crippen molar-refractivity contribution in [2.45, 2.75) is 24.9 Å². The molecule has 1 saturated heterocycles. The number of hydrogen-bond donors (Lipinski definition) is 2. The number of carbonyl (C=O) groups is 1. The van der Waals surface area contributed by atoms with Gasteiger partial charge in [-0.3, -0.25) is 4.79 Å². The van der Waals surface area contributed by atoms with Crippen molar-refractivity contribution in [3.8, 4) is 0 Å². The van der Waals surface area contributed by atoms with Gasteiger partial charge in [0.2, 0.25) is 0 Å². The lowest BCUT2D eigenvalue weighted by atomic mass is 10.1. The first kappa shape index (κ1) is 11.4. The molecule has 1 rings (SSSR count). The number of nitrogens with two attached hydrogens (primary N) is 2. The summed E-state index contributed by atoms with van der Waals surface area (Å²) in [6, 6.07) is 0. The van der Waals surface area contributed by atoms with Crippen molar-refractivity contribution in [1.29, 1.82) is 0 Å². The van der Waals surface area contributed by atoms with Crippen LogP contribution in [0.5, 0.6) is 0 Å². The summed E-state index contributed by atoms with van der Waals surface area (Å²) in [5.41, 5.74) is 10.5. The van der Waals surface area contributed by atoms with Crippen LogP contribution in [-0.2, 0) is 9.53 Å². The molecule has 1 heterocycles. The molecular weight excluding hydrogens is 182 g/mol. The van der Waals surface area contributed by atoms with Crippen LogP contribution >= 0.6 is 0 Å². The lowest BCUT2D eigenvalue weighted by Crippen LogP contribution is -2.31. The number of amides is 1. The number of methoxy groups -OCH3 is 1. The monoisotopic (exact) mass is 201 g/mol. The standard InChI is InChI=1S/C9H19N3O2/c1-14-7-6-12-8(13)9(12,11)4-2-3-5-10/h2-7,10-11H2,1H3. The van der Waals surface area contributed by atoms with Crippen molar-refractivity contribution in [2.24, 2.45) is 11.5 Å². The minimum atomic E-state index is -0.715. The molecule has 1 aliphatic rings. The first-order valence-electron chi connectivity index (χ1n) is 4.96. The minimum absolute atomic E-state index is 0.0339. The van der Waals surface area contributed by atoms with Crippen LogP contribution in [0.2, 0.25) is 0 Å². The Kier molecular flexibility index (Phi) is 3.86. The predicted molar refractivity (Wildman–Crippen MR) is 53.4 cm³/mol. The molecule has 0 spiro atoms. The van der Waals surface area contributed by atoms with Crippen LogP contribution in [0.4, 0.5) is 0 Å². The van der Waals surface area contributed by atoms with Crippen LogP contribution in [0.25, 0.3) is 0 Å². The van der Waals surface area contributed by atoms with Gasteiger partial charge in [-0.15, -0.1) is 0 Å². The summed E-state index contributed by atoms with van der Waals surface area (Å²) >= 11 is 0. The summed E-state index contributed by atoms with van der Waals surface area (Å²) in [6.45, 7) is 1.79. The molecule has 0 bridgehead atoms. The first-order valence-corrected chi connectivity index (χ1v) is 4.96. The summed E-state index contributed by atoms with van der Waals surface area (Å²) in [6.07, 6.45) is 2.53. The Morgan fingerprint density at radius 1 is 1.50 bits per heavy atom. The zero-order valence-electron chi connectivity index (χ0n) is 8.66. The Bertz CT molecular complexity index is 210. The van der Waals surface area contributed by atoms with Gasteiger partial charge in [0.15, 0.2) is 5.66 Å². The molecule has 0 radical (unpaired) electrons. The fraction of sp³-hybridized carbons (Fsp3) is 0.889. The zero-order chi connectivity index (χ0) is 10.6. The second kappa shape index (κ2) is 4.72. The molecule has 1 unspecified atom stereocenters. The smallest absolute Gasteiger partial charge is 0.265 e. The maximum Gasteiger partial charge on any atom is 0.265 e. The molecule has 0 aliphatic carbocycles. The van der Waals surface area contributed by atoms with Gasteiger partial charge < -0.3 is 21.1 Å². The van der Waals surface area contributed by atoms with Gasteiger partial charge in [-0.05, 0) is 25.8 Å². The molecule has 5 heteroatoms. The van der Waals surface area contributed by atoms with Crippen LogP contribution in [0, 0.1) is 0 Å². The van der Waals surface area contributed by atoms with Gasteiger partial charge in [0.05, 0.1) is 6.61 Å². The van der Waals surface area contributed by atoms with E-state index in [1.54, 1.807) is 12.0 Å². The fourth-order valence-electron chi connectivity index (χ4n) is 1.59. The SMILES string of the molecule is COCCN1C(=O)C1(N)CCCCN. The van der Waals surface area contributed by atoms with Crippen LogP contribution < -0.4 is 11.5 Å². The van der Waals surface area contributed by atoms with Crippen molar-refractivity contribution in [3.05, 3.63) is 0 Å². The Hall–Kier alpha value is -0.650. The van der Waals surface area contributed by atoms with E-state index >= 15 is 0 Å². The molecule has 0 aromatic heterocycles. The van der Waals surface area contributed by atoms with E-state index in [2.05, 4.69) is 0 Å². The highest BCUT2D eigenvalue weighted by Gasteiger charge is 2.58. The molecule has 1 fully saturated rings. The Morgan fingerprint density at radius 3 is 2.79 bits per heavy atom. The largest absolute Gasteiger partial charge is 0.383 e. The third-order valence-corrected chi connectivity index (χ3v) is 2.58. The molecule has 1 atom stereocenters. The molecule has 5 nitrogen and oxygen atoms in total. The lowest BCUT2D eigenvalue weighted by molar-refractivity contribution is -0.114. The predicted octanol–water partition coefficient (Wildman–Crippen LogP) is -0.741. The summed E-state index contributed by atoms with van der Waals surface area (Å²) in [5.74, 6) is 0.0339. The summed E-state index contributed by atoms with van der Waals surface area (Å²) in [5, 5.41) is 0. The van der Waals surface area contributed by atoms with E-state index in [1.165, 1.54) is 0 Å². The fourth-order valence-corrected chi connectivity index (χ4v) is 1.59. The van der Waals surface area contributed by atoms with Crippen molar-refractivity contribution in [1.82, 2.24) is 4.90 Å². The van der Waals surface area contributed by atoms with Crippen molar-refractivity contribution >= 4 is 5.91 Å². The van der Waals surface area contributed by atoms with Gasteiger partial charge in [0.25, 0.3) is 5.91 Å². The summed E-state index contributed by atoms with van der Waals surface area (Å²) in [7, 11) is 1.61. The van der Waals surface area contributed by atoms with Crippen molar-refractivity contribution in [2.75, 3.05) is 26.8 Å². The maximum atomic E-state index is 11.4. The van der Waals surface area contributed by atoms with Crippen LogP contribution in [0.3, 0.4) is 0 Å². The van der Waals surface area contributed by atoms with Crippen LogP contribution in [0.1, 0.15) is 19.3 Å². The molecule has 0 aromatic carbocycles. The first-order chi connectivity index (χ1) is 6.66. The number of carbonyl (C=O) groups excluding carboxylic acids is 1. The van der Waals surface area contributed by atoms with Gasteiger partial charge in [0, 0.05) is 13.7 Å². The Balaban J connectivity index is 2.26. The van der Waals surface area contributed by atoms with E-state index in [0.29, 0.717) is 26.1 Å². The average molecular weight is 201 g/mol. The number of ether oxygens (including phenoxy) is 1. The zero-order valence-corrected chi connectivity index (χ0v) is 8.66. The number of hydrogen-bond acceptors (Lipinski definition) is 4. The maximum absolute atomic E-state index is 11.4. The van der Waals surface area contributed by atoms with Gasteiger partial charge in [-0.2, -0.15) is 0 Å². The summed E-state index contributed by atoms with van der Waals surface area (Å²) in [4.78, 5) is 13.0. The minimum Gasteiger partial charge on any atom is -0.383 e. The normalized spacial score (nSPS) is 25.6. The second-order valence-corrected chi connectivity index (χ2v) is 3.62. The van der Waals surface area contributed by atoms with Crippen LogP contribution in [0.15, 0.2) is 0 Å². The van der Waals surface area contributed by atoms with E-state index in [4.69, 9.17) is 16.2 Å². The highest BCUT2D eigenvalue weighted by molar-refractivity contribution is 6.01. The molecular formula is C9H19N3O2. The molecule has 4 N–H and O–H groups in total. The highest BCUT2D eigenvalue weighted by atomic mass is 16.5. The van der Waals surface area contributed by atoms with E-state index in [1.807, 2.05) is 0 Å². The van der Waals surface area contributed by atoms with Gasteiger partial charge in [-0.1, -0.05) is 0 Å². The van der Waals surface area contributed by atoms with Crippen molar-refractivity contribution < 1.29 is 9.53 Å². The molecule has 0 saturated carbocycles. The third kappa shape index (κ3) is 2.23. The quantitative estimate of drug-likeness (QED) is 0.420. The molecule has 1 aliphatic heterocycles. The Labute approximate surface area is 84.4 Å². The van der Waals surface area contributed by atoms with E-state index in [9.17, 15) is 4.79 Å². The average Bonchev–Trinajstić information content (AvgIpc) is 2.67. The van der Waals surface area contributed by atoms with Crippen molar-refractivity contribution in [3.63, 3.8) is 0 Å². The lowest BCUT2D eigenvalue weighted by Gasteiger charge is -2.09. The van der Waals surface area contributed by atoms with Crippen LogP contribution in [-0.4, -0.2) is 43.3 Å². The molecule has 82 valence electrons. The number of unbranched alkanes of at least 4 members (excludes halogenated alkanes) is 1. The third-order valence-electron chi connectivity index (χ3n) is 2.58. The molecule has 0 aromatic rings. The van der Waals surface area contributed by atoms with E-state index < -0.39 is 5.66 Å². The van der Waals surface area contributed by atoms with Gasteiger partial charge in [0.1, 0.15) is 0 Å². The Morgan fingerprint density at radius 2 is 2.21 bits per heavy atom. The van der Waals surface area contributed by atoms with E-state index in [0.717, 1.165) is 12.8 Å². The summed E-state index contributed by atoms with van der Waals surface area (Å²) < 4.78 is 4.89. The van der Waals surface area contributed by atoms with E-state index in [-0.39, 0.29) is 5.91 Å². The number of rotatable bonds is 7. The second-order valence-electron chi connectivity index (χ2n) is 3.62. The van der Waals surface area contributed by atoms with Gasteiger partial charge in [-0.25, -0.2) is 0 Å². The highest BCUT2D eigenvalue weighted by Crippen LogP contribution is 2.32. The molecule has 14 heavy (non-hydrogen) atoms. The topological polar surface area (TPSA) is 81.3 Å². The van der Waals surface area contributed by atoms with Gasteiger partial charge >= 0.3 is 0 Å². The number of nitrogens with zero attached hydrogens (tertiary/aromatic N) is 1. The molecule has 1 amide bonds.